The Kier molecular flexibility index (Phi) is 3.99. The third kappa shape index (κ3) is 2.80. The van der Waals surface area contributed by atoms with Crippen LogP contribution in [0.5, 0.6) is 0 Å². The summed E-state index contributed by atoms with van der Waals surface area (Å²) in [6.07, 6.45) is 1.88. The van der Waals surface area contributed by atoms with Gasteiger partial charge in [0, 0.05) is 26.1 Å². The Morgan fingerprint density at radius 2 is 1.92 bits per heavy atom. The van der Waals surface area contributed by atoms with E-state index in [0.29, 0.717) is 13.1 Å². The molecule has 0 saturated carbocycles. The molecule has 1 aliphatic rings. The number of halogens is 1. The first-order valence-corrected chi connectivity index (χ1v) is 8.60. The highest BCUT2D eigenvalue weighted by Crippen LogP contribution is 2.29. The highest BCUT2D eigenvalue weighted by Gasteiger charge is 2.29. The van der Waals surface area contributed by atoms with Crippen molar-refractivity contribution in [2.24, 2.45) is 7.05 Å². The maximum absolute atomic E-state index is 14.0. The zero-order chi connectivity index (χ0) is 17.4. The molecule has 1 aliphatic heterocycles. The fraction of sp³-hybridized carbons (Fsp3) is 0.300. The minimum atomic E-state index is -0.461. The van der Waals surface area contributed by atoms with Crippen molar-refractivity contribution in [1.29, 1.82) is 0 Å². The van der Waals surface area contributed by atoms with Gasteiger partial charge in [0.1, 0.15) is 11.6 Å². The summed E-state index contributed by atoms with van der Waals surface area (Å²) in [4.78, 5) is 19.2. The van der Waals surface area contributed by atoms with Gasteiger partial charge in [-0.05, 0) is 37.1 Å². The first-order chi connectivity index (χ1) is 12.1. The summed E-state index contributed by atoms with van der Waals surface area (Å²) < 4.78 is 16.1. The van der Waals surface area contributed by atoms with Crippen molar-refractivity contribution in [3.05, 3.63) is 65.7 Å². The molecule has 0 bridgehead atoms. The van der Waals surface area contributed by atoms with Crippen LogP contribution in [-0.2, 0) is 7.05 Å². The molecule has 25 heavy (non-hydrogen) atoms. The van der Waals surface area contributed by atoms with Gasteiger partial charge in [0.25, 0.3) is 5.91 Å². The largest absolute Gasteiger partial charge is 0.338 e. The molecule has 0 aliphatic carbocycles. The van der Waals surface area contributed by atoms with Crippen molar-refractivity contribution < 1.29 is 9.18 Å². The summed E-state index contributed by atoms with van der Waals surface area (Å²) in [7, 11) is 2.02. The molecule has 0 spiro atoms. The average Bonchev–Trinajstić information content (AvgIpc) is 2.99. The summed E-state index contributed by atoms with van der Waals surface area (Å²) in [6, 6.07) is 14.2. The number of benzene rings is 2. The van der Waals surface area contributed by atoms with Gasteiger partial charge in [-0.15, -0.1) is 0 Å². The van der Waals surface area contributed by atoms with E-state index >= 15 is 0 Å². The number of rotatable bonds is 2. The van der Waals surface area contributed by atoms with Gasteiger partial charge in [0.15, 0.2) is 0 Å². The van der Waals surface area contributed by atoms with Crippen LogP contribution in [0.25, 0.3) is 11.0 Å². The lowest BCUT2D eigenvalue weighted by Gasteiger charge is -2.32. The molecule has 5 heteroatoms. The van der Waals surface area contributed by atoms with Crippen molar-refractivity contribution in [1.82, 2.24) is 14.5 Å². The standard InChI is InChI=1S/C20H20FN3O/c1-23-18-11-5-4-10-17(18)22-19(23)14-7-6-12-24(13-14)20(25)15-8-2-3-9-16(15)21/h2-5,8-11,14H,6-7,12-13H2,1H3. The van der Waals surface area contributed by atoms with E-state index in [1.807, 2.05) is 25.2 Å². The van der Waals surface area contributed by atoms with E-state index in [9.17, 15) is 9.18 Å². The first-order valence-electron chi connectivity index (χ1n) is 8.60. The van der Waals surface area contributed by atoms with Crippen LogP contribution in [0.15, 0.2) is 48.5 Å². The van der Waals surface area contributed by atoms with Gasteiger partial charge in [-0.3, -0.25) is 4.79 Å². The summed E-state index contributed by atoms with van der Waals surface area (Å²) in [6.45, 7) is 1.23. The predicted molar refractivity (Wildman–Crippen MR) is 95.0 cm³/mol. The molecule has 1 fully saturated rings. The van der Waals surface area contributed by atoms with Gasteiger partial charge in [-0.2, -0.15) is 0 Å². The molecule has 2 heterocycles. The molecular formula is C20H20FN3O. The molecule has 1 aromatic heterocycles. The minimum Gasteiger partial charge on any atom is -0.338 e. The van der Waals surface area contributed by atoms with E-state index in [1.54, 1.807) is 23.1 Å². The van der Waals surface area contributed by atoms with Crippen LogP contribution in [0.4, 0.5) is 4.39 Å². The number of hydrogen-bond acceptors (Lipinski definition) is 2. The fourth-order valence-electron chi connectivity index (χ4n) is 3.71. The number of para-hydroxylation sites is 2. The smallest absolute Gasteiger partial charge is 0.256 e. The van der Waals surface area contributed by atoms with E-state index in [4.69, 9.17) is 4.98 Å². The lowest BCUT2D eigenvalue weighted by atomic mass is 9.96. The number of fused-ring (bicyclic) bond motifs is 1. The summed E-state index contributed by atoms with van der Waals surface area (Å²) in [5.41, 5.74) is 2.21. The molecule has 1 saturated heterocycles. The number of likely N-dealkylation sites (tertiary alicyclic amines) is 1. The molecule has 4 nitrogen and oxygen atoms in total. The number of piperidine rings is 1. The van der Waals surface area contributed by atoms with Crippen LogP contribution >= 0.6 is 0 Å². The van der Waals surface area contributed by atoms with Crippen LogP contribution in [-0.4, -0.2) is 33.4 Å². The predicted octanol–water partition coefficient (Wildman–Crippen LogP) is 3.73. The number of imidazole rings is 1. The maximum Gasteiger partial charge on any atom is 0.256 e. The summed E-state index contributed by atoms with van der Waals surface area (Å²) in [5, 5.41) is 0. The highest BCUT2D eigenvalue weighted by molar-refractivity contribution is 5.94. The van der Waals surface area contributed by atoms with Crippen LogP contribution in [0.2, 0.25) is 0 Å². The van der Waals surface area contributed by atoms with Gasteiger partial charge in [0.2, 0.25) is 0 Å². The highest BCUT2D eigenvalue weighted by atomic mass is 19.1. The van der Waals surface area contributed by atoms with Crippen molar-refractivity contribution in [3.63, 3.8) is 0 Å². The van der Waals surface area contributed by atoms with Gasteiger partial charge in [-0.25, -0.2) is 9.37 Å². The Hall–Kier alpha value is -2.69. The molecule has 3 aromatic rings. The number of aromatic nitrogens is 2. The number of nitrogens with zero attached hydrogens (tertiary/aromatic N) is 3. The minimum absolute atomic E-state index is 0.146. The van der Waals surface area contributed by atoms with Gasteiger partial charge in [-0.1, -0.05) is 24.3 Å². The molecule has 128 valence electrons. The zero-order valence-electron chi connectivity index (χ0n) is 14.2. The summed E-state index contributed by atoms with van der Waals surface area (Å²) >= 11 is 0. The van der Waals surface area contributed by atoms with Gasteiger partial charge < -0.3 is 9.47 Å². The fourth-order valence-corrected chi connectivity index (χ4v) is 3.71. The first kappa shape index (κ1) is 15.8. The maximum atomic E-state index is 14.0. The lowest BCUT2D eigenvalue weighted by molar-refractivity contribution is 0.0699. The second-order valence-electron chi connectivity index (χ2n) is 6.59. The molecule has 2 aromatic carbocycles. The molecule has 1 atom stereocenters. The Labute approximate surface area is 145 Å². The van der Waals surface area contributed by atoms with E-state index in [2.05, 4.69) is 10.6 Å². The molecule has 1 amide bonds. The van der Waals surface area contributed by atoms with Gasteiger partial charge >= 0.3 is 0 Å². The van der Waals surface area contributed by atoms with E-state index in [-0.39, 0.29) is 17.4 Å². The zero-order valence-corrected chi connectivity index (χ0v) is 14.2. The Morgan fingerprint density at radius 3 is 2.72 bits per heavy atom. The van der Waals surface area contributed by atoms with Crippen molar-refractivity contribution in [3.8, 4) is 0 Å². The number of carbonyl (C=O) groups is 1. The third-order valence-corrected chi connectivity index (χ3v) is 5.00. The van der Waals surface area contributed by atoms with Crippen LogP contribution < -0.4 is 0 Å². The molecular weight excluding hydrogens is 317 g/mol. The van der Waals surface area contributed by atoms with E-state index in [1.165, 1.54) is 6.07 Å². The number of hydrogen-bond donors (Lipinski definition) is 0. The Bertz CT molecular complexity index is 934. The number of carbonyl (C=O) groups excluding carboxylic acids is 1. The topological polar surface area (TPSA) is 38.1 Å². The normalized spacial score (nSPS) is 17.8. The second-order valence-corrected chi connectivity index (χ2v) is 6.59. The molecule has 4 rings (SSSR count). The monoisotopic (exact) mass is 337 g/mol. The molecule has 0 N–H and O–H groups in total. The molecule has 1 unspecified atom stereocenters. The summed E-state index contributed by atoms with van der Waals surface area (Å²) in [5.74, 6) is 0.466. The van der Waals surface area contributed by atoms with Crippen LogP contribution in [0, 0.1) is 5.82 Å². The SMILES string of the molecule is Cn1c(C2CCCN(C(=O)c3ccccc3F)C2)nc2ccccc21. The van der Waals surface area contributed by atoms with Crippen LogP contribution in [0.3, 0.4) is 0 Å². The van der Waals surface area contributed by atoms with E-state index in [0.717, 1.165) is 29.7 Å². The number of aryl methyl sites for hydroxylation is 1. The van der Waals surface area contributed by atoms with Gasteiger partial charge in [0.05, 0.1) is 16.6 Å². The lowest BCUT2D eigenvalue weighted by Crippen LogP contribution is -2.40. The average molecular weight is 337 g/mol. The van der Waals surface area contributed by atoms with Crippen LogP contribution in [0.1, 0.15) is 34.9 Å². The Balaban J connectivity index is 1.61. The molecule has 0 radical (unpaired) electrons. The number of amides is 1. The Morgan fingerprint density at radius 1 is 1.16 bits per heavy atom. The second kappa shape index (κ2) is 6.31. The quantitative estimate of drug-likeness (QED) is 0.714. The third-order valence-electron chi connectivity index (χ3n) is 5.00. The van der Waals surface area contributed by atoms with Crippen molar-refractivity contribution >= 4 is 16.9 Å². The van der Waals surface area contributed by atoms with Crippen molar-refractivity contribution in [2.45, 2.75) is 18.8 Å². The van der Waals surface area contributed by atoms with E-state index < -0.39 is 5.82 Å². The van der Waals surface area contributed by atoms with Crippen molar-refractivity contribution in [2.75, 3.05) is 13.1 Å².